The summed E-state index contributed by atoms with van der Waals surface area (Å²) < 4.78 is 27.9. The van der Waals surface area contributed by atoms with Gasteiger partial charge in [0.1, 0.15) is 6.61 Å². The Morgan fingerprint density at radius 2 is 2.19 bits per heavy atom. The molecule has 0 bridgehead atoms. The molecule has 0 rings (SSSR count). The molecule has 0 aliphatic carbocycles. The molecule has 0 aliphatic rings. The fraction of sp³-hybridized carbons (Fsp3) is 0.778. The molecule has 94 valence electrons. The van der Waals surface area contributed by atoms with Gasteiger partial charge in [-0.1, -0.05) is 19.1 Å². The second-order valence-corrected chi connectivity index (χ2v) is 3.59. The van der Waals surface area contributed by atoms with E-state index in [2.05, 4.69) is 10.1 Å². The molecule has 0 heterocycles. The lowest BCUT2D eigenvalue weighted by molar-refractivity contribution is -0.123. The van der Waals surface area contributed by atoms with Gasteiger partial charge in [-0.3, -0.25) is 4.79 Å². The van der Waals surface area contributed by atoms with Crippen molar-refractivity contribution < 1.29 is 18.3 Å². The van der Waals surface area contributed by atoms with Gasteiger partial charge >= 0.3 is 0 Å². The number of ether oxygens (including phenoxy) is 1. The van der Waals surface area contributed by atoms with Crippen LogP contribution < -0.4 is 11.1 Å². The summed E-state index contributed by atoms with van der Waals surface area (Å²) in [5, 5.41) is 2.51. The van der Waals surface area contributed by atoms with Gasteiger partial charge in [0, 0.05) is 6.54 Å². The van der Waals surface area contributed by atoms with Crippen molar-refractivity contribution in [1.82, 2.24) is 5.32 Å². The quantitative estimate of drug-likeness (QED) is 0.494. The minimum absolute atomic E-state index is 0.0455. The molecule has 3 N–H and O–H groups in total. The lowest BCUT2D eigenvalue weighted by atomic mass is 10.1. The molecule has 0 aromatic rings. The highest BCUT2D eigenvalue weighted by molar-refractivity contribution is 7.80. The van der Waals surface area contributed by atoms with Crippen LogP contribution in [0.2, 0.25) is 0 Å². The normalized spacial score (nSPS) is 12.5. The Kier molecular flexibility index (Phi) is 7.92. The van der Waals surface area contributed by atoms with Gasteiger partial charge in [0.15, 0.2) is 0 Å². The van der Waals surface area contributed by atoms with E-state index in [0.29, 0.717) is 6.42 Å². The molecular formula is C9H16F2N2O2S. The number of carbonyl (C=O) groups is 1. The first-order valence-corrected chi connectivity index (χ1v) is 5.32. The smallest absolute Gasteiger partial charge is 0.261 e. The van der Waals surface area contributed by atoms with E-state index < -0.39 is 19.0 Å². The molecule has 0 aromatic carbocycles. The standard InChI is InChI=1S/C9H16F2N2O2S/c1-2-6(8(12)16)9(14)13-3-4-15-5-7(10)11/h6-7H,2-5H2,1H3,(H2,12,16)(H,13,14). The molecule has 1 amide bonds. The van der Waals surface area contributed by atoms with Crippen molar-refractivity contribution in [2.24, 2.45) is 11.7 Å². The number of alkyl halides is 2. The van der Waals surface area contributed by atoms with Gasteiger partial charge in [-0.05, 0) is 6.42 Å². The Labute approximate surface area is 98.5 Å². The molecule has 1 atom stereocenters. The fourth-order valence-electron chi connectivity index (χ4n) is 1.06. The monoisotopic (exact) mass is 254 g/mol. The predicted molar refractivity (Wildman–Crippen MR) is 60.4 cm³/mol. The minimum Gasteiger partial charge on any atom is -0.393 e. The van der Waals surface area contributed by atoms with Gasteiger partial charge in [0.05, 0.1) is 17.5 Å². The first kappa shape index (κ1) is 15.2. The van der Waals surface area contributed by atoms with Crippen LogP contribution in [0, 0.1) is 5.92 Å². The van der Waals surface area contributed by atoms with E-state index in [9.17, 15) is 13.6 Å². The summed E-state index contributed by atoms with van der Waals surface area (Å²) >= 11 is 4.71. The summed E-state index contributed by atoms with van der Waals surface area (Å²) in [6, 6.07) is 0. The Morgan fingerprint density at radius 1 is 1.56 bits per heavy atom. The maximum absolute atomic E-state index is 11.7. The summed E-state index contributed by atoms with van der Waals surface area (Å²) in [7, 11) is 0. The van der Waals surface area contributed by atoms with Crippen LogP contribution in [0.15, 0.2) is 0 Å². The first-order chi connectivity index (χ1) is 7.49. The maximum atomic E-state index is 11.7. The van der Waals surface area contributed by atoms with Crippen molar-refractivity contribution in [3.8, 4) is 0 Å². The highest BCUT2D eigenvalue weighted by Gasteiger charge is 2.18. The average Bonchev–Trinajstić information content (AvgIpc) is 2.17. The van der Waals surface area contributed by atoms with E-state index in [1.807, 2.05) is 0 Å². The van der Waals surface area contributed by atoms with E-state index in [4.69, 9.17) is 18.0 Å². The van der Waals surface area contributed by atoms with Gasteiger partial charge in [0.2, 0.25) is 5.91 Å². The van der Waals surface area contributed by atoms with Crippen LogP contribution in [0.4, 0.5) is 8.78 Å². The molecule has 16 heavy (non-hydrogen) atoms. The number of halogens is 2. The van der Waals surface area contributed by atoms with E-state index in [0.717, 1.165) is 0 Å². The van der Waals surface area contributed by atoms with Gasteiger partial charge in [-0.25, -0.2) is 8.78 Å². The third-order valence-electron chi connectivity index (χ3n) is 1.86. The maximum Gasteiger partial charge on any atom is 0.261 e. The third kappa shape index (κ3) is 6.62. The molecule has 7 heteroatoms. The third-order valence-corrected chi connectivity index (χ3v) is 2.14. The summed E-state index contributed by atoms with van der Waals surface area (Å²) in [6.45, 7) is 1.38. The highest BCUT2D eigenvalue weighted by atomic mass is 32.1. The second-order valence-electron chi connectivity index (χ2n) is 3.12. The number of hydrogen-bond donors (Lipinski definition) is 2. The zero-order chi connectivity index (χ0) is 12.6. The Balaban J connectivity index is 3.68. The summed E-state index contributed by atoms with van der Waals surface area (Å²) in [5.74, 6) is -0.805. The van der Waals surface area contributed by atoms with E-state index in [1.54, 1.807) is 6.92 Å². The molecule has 0 fully saturated rings. The van der Waals surface area contributed by atoms with Crippen LogP contribution in [-0.4, -0.2) is 37.1 Å². The molecule has 1 unspecified atom stereocenters. The number of amides is 1. The van der Waals surface area contributed by atoms with Crippen molar-refractivity contribution in [2.45, 2.75) is 19.8 Å². The zero-order valence-electron chi connectivity index (χ0n) is 9.04. The van der Waals surface area contributed by atoms with Crippen molar-refractivity contribution in [3.63, 3.8) is 0 Å². The average molecular weight is 254 g/mol. The van der Waals surface area contributed by atoms with Crippen LogP contribution >= 0.6 is 12.2 Å². The Morgan fingerprint density at radius 3 is 2.62 bits per heavy atom. The van der Waals surface area contributed by atoms with Gasteiger partial charge in [0.25, 0.3) is 6.43 Å². The molecule has 4 nitrogen and oxygen atoms in total. The number of rotatable bonds is 8. The van der Waals surface area contributed by atoms with Crippen molar-refractivity contribution >= 4 is 23.1 Å². The largest absolute Gasteiger partial charge is 0.393 e. The zero-order valence-corrected chi connectivity index (χ0v) is 9.86. The molecule has 0 radical (unpaired) electrons. The predicted octanol–water partition coefficient (Wildman–Crippen LogP) is 0.697. The molecule has 0 aromatic heterocycles. The number of hydrogen-bond acceptors (Lipinski definition) is 3. The summed E-state index contributed by atoms with van der Waals surface area (Å²) in [6.07, 6.45) is -1.98. The van der Waals surface area contributed by atoms with Crippen LogP contribution in [0.25, 0.3) is 0 Å². The first-order valence-electron chi connectivity index (χ1n) is 4.92. The Bertz CT molecular complexity index is 240. The second kappa shape index (κ2) is 8.35. The topological polar surface area (TPSA) is 64.3 Å². The van der Waals surface area contributed by atoms with Crippen LogP contribution in [0.5, 0.6) is 0 Å². The lowest BCUT2D eigenvalue weighted by Gasteiger charge is -2.13. The van der Waals surface area contributed by atoms with E-state index >= 15 is 0 Å². The van der Waals surface area contributed by atoms with Gasteiger partial charge in [-0.2, -0.15) is 0 Å². The number of nitrogens with two attached hydrogens (primary N) is 1. The van der Waals surface area contributed by atoms with Crippen LogP contribution in [0.3, 0.4) is 0 Å². The molecule has 0 saturated carbocycles. The van der Waals surface area contributed by atoms with E-state index in [1.165, 1.54) is 0 Å². The minimum atomic E-state index is -2.49. The van der Waals surface area contributed by atoms with Crippen molar-refractivity contribution in [2.75, 3.05) is 19.8 Å². The van der Waals surface area contributed by atoms with Gasteiger partial charge in [-0.15, -0.1) is 0 Å². The molecular weight excluding hydrogens is 238 g/mol. The van der Waals surface area contributed by atoms with Crippen LogP contribution in [-0.2, 0) is 9.53 Å². The number of carbonyl (C=O) groups excluding carboxylic acids is 1. The fourth-order valence-corrected chi connectivity index (χ4v) is 1.33. The van der Waals surface area contributed by atoms with Crippen LogP contribution in [0.1, 0.15) is 13.3 Å². The summed E-state index contributed by atoms with van der Waals surface area (Å²) in [4.78, 5) is 11.6. The summed E-state index contributed by atoms with van der Waals surface area (Å²) in [5.41, 5.74) is 5.36. The SMILES string of the molecule is CCC(C(=O)NCCOCC(F)F)C(N)=S. The number of thiocarbonyl (C=S) groups is 1. The van der Waals surface area contributed by atoms with Gasteiger partial charge < -0.3 is 15.8 Å². The molecule has 0 saturated heterocycles. The molecule has 0 spiro atoms. The lowest BCUT2D eigenvalue weighted by Crippen LogP contribution is -2.39. The highest BCUT2D eigenvalue weighted by Crippen LogP contribution is 2.02. The van der Waals surface area contributed by atoms with E-state index in [-0.39, 0.29) is 24.0 Å². The molecule has 0 aliphatic heterocycles. The Hall–Kier alpha value is -0.820. The number of nitrogens with one attached hydrogen (secondary N) is 1. The van der Waals surface area contributed by atoms with Crippen molar-refractivity contribution in [3.05, 3.63) is 0 Å². The van der Waals surface area contributed by atoms with Crippen molar-refractivity contribution in [1.29, 1.82) is 0 Å².